The third-order valence-electron chi connectivity index (χ3n) is 3.63. The Hall–Kier alpha value is -1.89. The molecule has 0 aliphatic carbocycles. The summed E-state index contributed by atoms with van der Waals surface area (Å²) in [4.78, 5) is 14.9. The number of nitrogens with zero attached hydrogens (tertiary/aromatic N) is 4. The zero-order valence-corrected chi connectivity index (χ0v) is 11.9. The number of aromatic nitrogens is 2. The van der Waals surface area contributed by atoms with Gasteiger partial charge in [-0.3, -0.25) is 4.99 Å². The molecule has 3 rings (SSSR count). The van der Waals surface area contributed by atoms with Crippen molar-refractivity contribution in [2.75, 3.05) is 37.7 Å². The van der Waals surface area contributed by atoms with Crippen molar-refractivity contribution in [3.05, 3.63) is 24.7 Å². The Labute approximate surface area is 125 Å². The maximum atomic E-state index is 5.94. The third-order valence-corrected chi connectivity index (χ3v) is 3.63. The maximum Gasteiger partial charge on any atom is 0.225 e. The second-order valence-corrected chi connectivity index (χ2v) is 5.15. The minimum absolute atomic E-state index is 0.101. The molecule has 1 fully saturated rings. The Kier molecular flexibility index (Phi) is 4.50. The van der Waals surface area contributed by atoms with E-state index in [-0.39, 0.29) is 11.7 Å². The lowest BCUT2D eigenvalue weighted by Crippen LogP contribution is -2.44. The minimum Gasteiger partial charge on any atom is -0.490 e. The number of aliphatic imine (C=N–C) groups is 1. The van der Waals surface area contributed by atoms with Gasteiger partial charge in [0.25, 0.3) is 0 Å². The van der Waals surface area contributed by atoms with E-state index in [0.717, 1.165) is 32.1 Å². The molecular formula is C14H18BN5O. The van der Waals surface area contributed by atoms with Crippen LogP contribution in [0.15, 0.2) is 29.7 Å². The van der Waals surface area contributed by atoms with Gasteiger partial charge in [-0.1, -0.05) is 6.08 Å². The van der Waals surface area contributed by atoms with Crippen molar-refractivity contribution in [3.8, 4) is 5.75 Å². The number of rotatable bonds is 4. The Morgan fingerprint density at radius 1 is 1.29 bits per heavy atom. The number of ether oxygens (including phenoxy) is 1. The van der Waals surface area contributed by atoms with Crippen molar-refractivity contribution in [2.45, 2.75) is 5.82 Å². The fraction of sp³-hybridized carbons (Fsp3) is 0.500. The largest absolute Gasteiger partial charge is 0.490 e. The molecule has 0 saturated carbocycles. The van der Waals surface area contributed by atoms with Gasteiger partial charge in [-0.05, 0) is 12.0 Å². The van der Waals surface area contributed by atoms with Crippen LogP contribution in [-0.4, -0.2) is 56.8 Å². The molecule has 108 valence electrons. The van der Waals surface area contributed by atoms with Gasteiger partial charge in [0.05, 0.1) is 26.8 Å². The average molecular weight is 283 g/mol. The van der Waals surface area contributed by atoms with Crippen LogP contribution in [-0.2, 0) is 0 Å². The van der Waals surface area contributed by atoms with E-state index >= 15 is 0 Å². The lowest BCUT2D eigenvalue weighted by molar-refractivity contribution is 0.277. The first-order chi connectivity index (χ1) is 10.3. The second kappa shape index (κ2) is 6.71. The molecule has 2 atom stereocenters. The van der Waals surface area contributed by atoms with Gasteiger partial charge in [0.2, 0.25) is 5.95 Å². The molecule has 2 aliphatic rings. The molecule has 7 heteroatoms. The molecule has 1 aromatic rings. The molecule has 0 bridgehead atoms. The lowest BCUT2D eigenvalue weighted by Gasteiger charge is -2.27. The second-order valence-electron chi connectivity index (χ2n) is 5.15. The van der Waals surface area contributed by atoms with E-state index < -0.39 is 0 Å². The Morgan fingerprint density at radius 2 is 2.05 bits per heavy atom. The Morgan fingerprint density at radius 3 is 2.76 bits per heavy atom. The Balaban J connectivity index is 1.54. The molecular weight excluding hydrogens is 265 g/mol. The molecule has 0 aromatic carbocycles. The smallest absolute Gasteiger partial charge is 0.225 e. The van der Waals surface area contributed by atoms with Crippen molar-refractivity contribution in [3.63, 3.8) is 0 Å². The SMILES string of the molecule is [B]C1C=NC=CC1COc1cnc(N2CCNCC2)nc1. The highest BCUT2D eigenvalue weighted by atomic mass is 16.5. The first-order valence-corrected chi connectivity index (χ1v) is 7.19. The molecule has 3 heterocycles. The van der Waals surface area contributed by atoms with Gasteiger partial charge in [-0.2, -0.15) is 0 Å². The minimum atomic E-state index is -0.101. The van der Waals surface area contributed by atoms with Crippen molar-refractivity contribution >= 4 is 20.0 Å². The highest BCUT2D eigenvalue weighted by Crippen LogP contribution is 2.20. The van der Waals surface area contributed by atoms with Gasteiger partial charge < -0.3 is 15.0 Å². The summed E-state index contributed by atoms with van der Waals surface area (Å²) in [7, 11) is 5.94. The summed E-state index contributed by atoms with van der Waals surface area (Å²) >= 11 is 0. The van der Waals surface area contributed by atoms with E-state index in [1.165, 1.54) is 0 Å². The zero-order valence-electron chi connectivity index (χ0n) is 11.9. The van der Waals surface area contributed by atoms with Crippen molar-refractivity contribution in [1.29, 1.82) is 0 Å². The van der Waals surface area contributed by atoms with Crippen LogP contribution in [0, 0.1) is 5.92 Å². The van der Waals surface area contributed by atoms with E-state index in [4.69, 9.17) is 12.6 Å². The molecule has 2 aliphatic heterocycles. The summed E-state index contributed by atoms with van der Waals surface area (Å²) in [6.45, 7) is 4.30. The van der Waals surface area contributed by atoms with Crippen molar-refractivity contribution in [2.24, 2.45) is 10.9 Å². The first-order valence-electron chi connectivity index (χ1n) is 7.19. The van der Waals surface area contributed by atoms with Crippen molar-refractivity contribution in [1.82, 2.24) is 15.3 Å². The van der Waals surface area contributed by atoms with Gasteiger partial charge in [0.15, 0.2) is 5.75 Å². The van der Waals surface area contributed by atoms with Crippen LogP contribution in [0.25, 0.3) is 0 Å². The van der Waals surface area contributed by atoms with Crippen LogP contribution >= 0.6 is 0 Å². The highest BCUT2D eigenvalue weighted by Gasteiger charge is 2.16. The van der Waals surface area contributed by atoms with Crippen molar-refractivity contribution < 1.29 is 4.74 Å². The fourth-order valence-electron chi connectivity index (χ4n) is 2.32. The monoisotopic (exact) mass is 283 g/mol. The van der Waals surface area contributed by atoms with E-state index in [0.29, 0.717) is 12.4 Å². The maximum absolute atomic E-state index is 5.94. The number of anilines is 1. The van der Waals surface area contributed by atoms with Crippen LogP contribution in [0.5, 0.6) is 5.75 Å². The van der Waals surface area contributed by atoms with E-state index in [1.54, 1.807) is 24.8 Å². The fourth-order valence-corrected chi connectivity index (χ4v) is 2.32. The molecule has 1 N–H and O–H groups in total. The van der Waals surface area contributed by atoms with Crippen LogP contribution in [0.3, 0.4) is 0 Å². The normalized spacial score (nSPS) is 25.0. The number of hydrogen-bond donors (Lipinski definition) is 1. The van der Waals surface area contributed by atoms with Crippen LogP contribution in [0.4, 0.5) is 5.95 Å². The summed E-state index contributed by atoms with van der Waals surface area (Å²) in [6.07, 6.45) is 8.88. The summed E-state index contributed by atoms with van der Waals surface area (Å²) in [5, 5.41) is 3.31. The number of nitrogens with one attached hydrogen (secondary N) is 1. The molecule has 1 saturated heterocycles. The van der Waals surface area contributed by atoms with Gasteiger partial charge in [0.1, 0.15) is 0 Å². The zero-order chi connectivity index (χ0) is 14.5. The topological polar surface area (TPSA) is 62.6 Å². The molecule has 0 amide bonds. The van der Waals surface area contributed by atoms with Crippen LogP contribution in [0.1, 0.15) is 0 Å². The molecule has 2 unspecified atom stereocenters. The van der Waals surface area contributed by atoms with E-state index in [2.05, 4.69) is 25.2 Å². The average Bonchev–Trinajstić information content (AvgIpc) is 2.55. The molecule has 0 spiro atoms. The first kappa shape index (κ1) is 14.1. The van der Waals surface area contributed by atoms with E-state index in [9.17, 15) is 0 Å². The molecule has 21 heavy (non-hydrogen) atoms. The summed E-state index contributed by atoms with van der Waals surface area (Å²) in [5.41, 5.74) is 0. The molecule has 2 radical (unpaired) electrons. The summed E-state index contributed by atoms with van der Waals surface area (Å²) < 4.78 is 5.71. The van der Waals surface area contributed by atoms with E-state index in [1.807, 2.05) is 6.08 Å². The predicted octanol–water partition coefficient (Wildman–Crippen LogP) is 0.436. The van der Waals surface area contributed by atoms with Gasteiger partial charge >= 0.3 is 0 Å². The molecule has 6 nitrogen and oxygen atoms in total. The lowest BCUT2D eigenvalue weighted by atomic mass is 9.77. The van der Waals surface area contributed by atoms with Gasteiger partial charge in [-0.15, -0.1) is 0 Å². The van der Waals surface area contributed by atoms with Gasteiger partial charge in [-0.25, -0.2) is 9.97 Å². The van der Waals surface area contributed by atoms with Gasteiger partial charge in [0, 0.05) is 38.3 Å². The van der Waals surface area contributed by atoms with Crippen LogP contribution < -0.4 is 15.0 Å². The summed E-state index contributed by atoms with van der Waals surface area (Å²) in [5.74, 6) is 1.45. The third kappa shape index (κ3) is 3.61. The van der Waals surface area contributed by atoms with Crippen LogP contribution in [0.2, 0.25) is 5.82 Å². The molecule has 1 aromatic heterocycles. The standard InChI is InChI=1S/C14H18BN5O/c15-13-9-17-2-1-11(13)10-21-12-7-18-14(19-8-12)20-5-3-16-4-6-20/h1-2,7-9,11,13,16H,3-6,10H2. The number of piperazine rings is 1. The predicted molar refractivity (Wildman–Crippen MR) is 83.2 cm³/mol. The quantitative estimate of drug-likeness (QED) is 0.812. The highest BCUT2D eigenvalue weighted by molar-refractivity contribution is 6.21. The summed E-state index contributed by atoms with van der Waals surface area (Å²) in [6, 6.07) is 0. The number of hydrogen-bond acceptors (Lipinski definition) is 6. The Bertz CT molecular complexity index is 513.